The highest BCUT2D eigenvalue weighted by atomic mass is 32.2. The molecule has 0 spiro atoms. The molecule has 1 aliphatic heterocycles. The van der Waals surface area contributed by atoms with Crippen molar-refractivity contribution in [3.8, 4) is 0 Å². The Morgan fingerprint density at radius 2 is 2.04 bits per heavy atom. The van der Waals surface area contributed by atoms with Crippen molar-refractivity contribution in [3.05, 3.63) is 24.2 Å². The number of aromatic nitrogens is 3. The highest BCUT2D eigenvalue weighted by molar-refractivity contribution is 7.99. The third-order valence-electron chi connectivity index (χ3n) is 4.27. The van der Waals surface area contributed by atoms with Crippen LogP contribution < -0.4 is 4.90 Å². The predicted molar refractivity (Wildman–Crippen MR) is 89.8 cm³/mol. The topological polar surface area (TPSA) is 47.1 Å². The van der Waals surface area contributed by atoms with Gasteiger partial charge in [-0.1, -0.05) is 18.7 Å². The van der Waals surface area contributed by atoms with E-state index in [1.165, 1.54) is 0 Å². The van der Waals surface area contributed by atoms with Gasteiger partial charge in [-0.25, -0.2) is 0 Å². The van der Waals surface area contributed by atoms with Gasteiger partial charge in [-0.15, -0.1) is 10.2 Å². The molecule has 5 nitrogen and oxygen atoms in total. The fourth-order valence-corrected chi connectivity index (χ4v) is 3.70. The lowest BCUT2D eigenvalue weighted by Gasteiger charge is -2.31. The third-order valence-corrected chi connectivity index (χ3v) is 5.24. The average Bonchev–Trinajstić information content (AvgIpc) is 3.18. The maximum Gasteiger partial charge on any atom is 0.389 e. The van der Waals surface area contributed by atoms with Crippen molar-refractivity contribution in [2.75, 3.05) is 23.7 Å². The molecule has 1 aliphatic rings. The van der Waals surface area contributed by atoms with E-state index in [1.54, 1.807) is 12.3 Å². The van der Waals surface area contributed by atoms with Crippen molar-refractivity contribution < 1.29 is 17.6 Å². The minimum Gasteiger partial charge on any atom is -0.467 e. The van der Waals surface area contributed by atoms with Gasteiger partial charge < -0.3 is 9.32 Å². The van der Waals surface area contributed by atoms with Gasteiger partial charge in [-0.3, -0.25) is 4.57 Å². The first-order valence-electron chi connectivity index (χ1n) is 8.32. The molecule has 3 heterocycles. The first-order valence-corrected chi connectivity index (χ1v) is 9.31. The standard InChI is InChI=1S/C16H21F3N4OS/c1-12-4-7-22(8-5-12)14-20-21-15(25-10-6-16(17,18)19)23(14)11-13-3-2-9-24-13/h2-3,9,12H,4-8,10-11H2,1H3. The zero-order valence-electron chi connectivity index (χ0n) is 14.0. The Bertz CT molecular complexity index is 663. The molecule has 0 aromatic carbocycles. The lowest BCUT2D eigenvalue weighted by molar-refractivity contribution is -0.129. The molecule has 138 valence electrons. The van der Waals surface area contributed by atoms with Crippen LogP contribution in [0.25, 0.3) is 0 Å². The number of anilines is 1. The molecule has 25 heavy (non-hydrogen) atoms. The summed E-state index contributed by atoms with van der Waals surface area (Å²) in [6.45, 7) is 4.40. The minimum atomic E-state index is -4.16. The van der Waals surface area contributed by atoms with Gasteiger partial charge in [0.05, 0.1) is 19.2 Å². The lowest BCUT2D eigenvalue weighted by Crippen LogP contribution is -2.35. The Morgan fingerprint density at radius 3 is 2.68 bits per heavy atom. The summed E-state index contributed by atoms with van der Waals surface area (Å²) in [5.74, 6) is 2.04. The van der Waals surface area contributed by atoms with Crippen LogP contribution in [0.5, 0.6) is 0 Å². The zero-order valence-corrected chi connectivity index (χ0v) is 14.8. The molecule has 0 bridgehead atoms. The van der Waals surface area contributed by atoms with E-state index in [0.717, 1.165) is 43.5 Å². The fourth-order valence-electron chi connectivity index (χ4n) is 2.79. The van der Waals surface area contributed by atoms with Crippen LogP contribution in [0.2, 0.25) is 0 Å². The number of rotatable bonds is 6. The number of furan rings is 1. The van der Waals surface area contributed by atoms with Crippen LogP contribution in [0.1, 0.15) is 31.9 Å². The Balaban J connectivity index is 1.77. The molecule has 0 saturated carbocycles. The maximum atomic E-state index is 12.4. The van der Waals surface area contributed by atoms with Crippen molar-refractivity contribution in [1.29, 1.82) is 0 Å². The smallest absolute Gasteiger partial charge is 0.389 e. The second kappa shape index (κ2) is 7.72. The highest BCUT2D eigenvalue weighted by Crippen LogP contribution is 2.29. The maximum absolute atomic E-state index is 12.4. The Labute approximate surface area is 148 Å². The molecule has 1 fully saturated rings. The number of piperidine rings is 1. The monoisotopic (exact) mass is 374 g/mol. The summed E-state index contributed by atoms with van der Waals surface area (Å²) < 4.78 is 44.5. The number of halogens is 3. The molecule has 0 atom stereocenters. The van der Waals surface area contributed by atoms with E-state index < -0.39 is 12.6 Å². The van der Waals surface area contributed by atoms with Crippen molar-refractivity contribution in [2.24, 2.45) is 5.92 Å². The Kier molecular flexibility index (Phi) is 5.61. The van der Waals surface area contributed by atoms with E-state index in [2.05, 4.69) is 22.0 Å². The number of nitrogens with zero attached hydrogens (tertiary/aromatic N) is 4. The summed E-state index contributed by atoms with van der Waals surface area (Å²) >= 11 is 1.08. The summed E-state index contributed by atoms with van der Waals surface area (Å²) in [4.78, 5) is 2.16. The molecule has 0 amide bonds. The molecule has 0 radical (unpaired) electrons. The number of alkyl halides is 3. The van der Waals surface area contributed by atoms with Gasteiger partial charge in [-0.2, -0.15) is 13.2 Å². The van der Waals surface area contributed by atoms with Crippen molar-refractivity contribution >= 4 is 17.7 Å². The molecule has 0 aliphatic carbocycles. The van der Waals surface area contributed by atoms with Gasteiger partial charge in [0.1, 0.15) is 5.76 Å². The van der Waals surface area contributed by atoms with Crippen LogP contribution in [0.15, 0.2) is 28.0 Å². The third kappa shape index (κ3) is 4.93. The van der Waals surface area contributed by atoms with E-state index in [4.69, 9.17) is 4.42 Å². The van der Waals surface area contributed by atoms with Gasteiger partial charge in [0.15, 0.2) is 5.16 Å². The Hall–Kier alpha value is -1.64. The number of hydrogen-bond donors (Lipinski definition) is 0. The summed E-state index contributed by atoms with van der Waals surface area (Å²) in [6.07, 6.45) is -1.28. The summed E-state index contributed by atoms with van der Waals surface area (Å²) in [6, 6.07) is 3.63. The highest BCUT2D eigenvalue weighted by Gasteiger charge is 2.28. The van der Waals surface area contributed by atoms with Gasteiger partial charge >= 0.3 is 6.18 Å². The van der Waals surface area contributed by atoms with E-state index >= 15 is 0 Å². The zero-order chi connectivity index (χ0) is 17.9. The first kappa shape index (κ1) is 18.2. The van der Waals surface area contributed by atoms with Gasteiger partial charge in [0.2, 0.25) is 5.95 Å². The second-order valence-corrected chi connectivity index (χ2v) is 7.39. The molecule has 2 aromatic heterocycles. The SMILES string of the molecule is CC1CCN(c2nnc(SCCC(F)(F)F)n2Cc2ccco2)CC1. The quantitative estimate of drug-likeness (QED) is 0.709. The minimum absolute atomic E-state index is 0.0726. The normalized spacial score (nSPS) is 16.6. The molecular formula is C16H21F3N4OS. The summed E-state index contributed by atoms with van der Waals surface area (Å²) in [5, 5.41) is 8.89. The fraction of sp³-hybridized carbons (Fsp3) is 0.625. The summed E-state index contributed by atoms with van der Waals surface area (Å²) in [7, 11) is 0. The van der Waals surface area contributed by atoms with Crippen LogP contribution in [-0.2, 0) is 6.54 Å². The van der Waals surface area contributed by atoms with Crippen LogP contribution in [0, 0.1) is 5.92 Å². The van der Waals surface area contributed by atoms with Crippen molar-refractivity contribution in [1.82, 2.24) is 14.8 Å². The van der Waals surface area contributed by atoms with Gasteiger partial charge in [0.25, 0.3) is 0 Å². The molecule has 0 N–H and O–H groups in total. The van der Waals surface area contributed by atoms with E-state index in [9.17, 15) is 13.2 Å². The van der Waals surface area contributed by atoms with Crippen LogP contribution in [0.4, 0.5) is 19.1 Å². The van der Waals surface area contributed by atoms with Gasteiger partial charge in [0, 0.05) is 18.8 Å². The van der Waals surface area contributed by atoms with Crippen LogP contribution in [0.3, 0.4) is 0 Å². The second-order valence-electron chi connectivity index (χ2n) is 6.33. The largest absolute Gasteiger partial charge is 0.467 e. The molecule has 9 heteroatoms. The lowest BCUT2D eigenvalue weighted by atomic mass is 10.00. The molecule has 2 aromatic rings. The summed E-state index contributed by atoms with van der Waals surface area (Å²) in [5.41, 5.74) is 0. The van der Waals surface area contributed by atoms with Crippen molar-refractivity contribution in [3.63, 3.8) is 0 Å². The van der Waals surface area contributed by atoms with Crippen LogP contribution >= 0.6 is 11.8 Å². The van der Waals surface area contributed by atoms with E-state index in [-0.39, 0.29) is 5.75 Å². The molecule has 1 saturated heterocycles. The van der Waals surface area contributed by atoms with E-state index in [0.29, 0.717) is 23.6 Å². The predicted octanol–water partition coefficient (Wildman–Crippen LogP) is 4.20. The van der Waals surface area contributed by atoms with Crippen LogP contribution in [-0.4, -0.2) is 39.8 Å². The molecule has 0 unspecified atom stereocenters. The Morgan fingerprint density at radius 1 is 1.28 bits per heavy atom. The average molecular weight is 374 g/mol. The molecular weight excluding hydrogens is 353 g/mol. The molecule has 3 rings (SSSR count). The first-order chi connectivity index (χ1) is 11.9. The number of thioether (sulfide) groups is 1. The van der Waals surface area contributed by atoms with E-state index in [1.807, 2.05) is 10.6 Å². The number of hydrogen-bond acceptors (Lipinski definition) is 5. The van der Waals surface area contributed by atoms with Crippen molar-refractivity contribution in [2.45, 2.75) is 44.1 Å². The van der Waals surface area contributed by atoms with Gasteiger partial charge in [-0.05, 0) is 30.9 Å².